The molecule has 0 radical (unpaired) electrons. The minimum absolute atomic E-state index is 0.0911. The molecular formula is C13H16N2O2S2. The van der Waals surface area contributed by atoms with E-state index in [1.807, 2.05) is 24.4 Å². The topological polar surface area (TPSA) is 55.1 Å². The highest BCUT2D eigenvalue weighted by molar-refractivity contribution is 7.99. The smallest absolute Gasteiger partial charge is 0.230 e. The predicted molar refractivity (Wildman–Crippen MR) is 79.3 cm³/mol. The minimum atomic E-state index is 0.0911. The number of thioether (sulfide) groups is 1. The van der Waals surface area contributed by atoms with Crippen LogP contribution in [0.5, 0.6) is 0 Å². The lowest BCUT2D eigenvalue weighted by atomic mass is 10.5. The third-order valence-electron chi connectivity index (χ3n) is 2.34. The van der Waals surface area contributed by atoms with Crippen LogP contribution in [-0.4, -0.2) is 23.2 Å². The zero-order valence-corrected chi connectivity index (χ0v) is 12.4. The third-order valence-corrected chi connectivity index (χ3v) is 4.21. The van der Waals surface area contributed by atoms with Gasteiger partial charge in [0.25, 0.3) is 0 Å². The number of nitrogens with zero attached hydrogens (tertiary/aromatic N) is 1. The van der Waals surface area contributed by atoms with Crippen LogP contribution >= 0.6 is 23.1 Å². The van der Waals surface area contributed by atoms with Crippen LogP contribution in [0.4, 0.5) is 0 Å². The molecule has 0 saturated heterocycles. The summed E-state index contributed by atoms with van der Waals surface area (Å²) in [6, 6.07) is 3.75. The first-order valence-corrected chi connectivity index (χ1v) is 8.15. The number of thiazole rings is 1. The van der Waals surface area contributed by atoms with Gasteiger partial charge >= 0.3 is 0 Å². The van der Waals surface area contributed by atoms with Crippen molar-refractivity contribution in [1.29, 1.82) is 0 Å². The minimum Gasteiger partial charge on any atom is -0.462 e. The van der Waals surface area contributed by atoms with Crippen molar-refractivity contribution in [3.63, 3.8) is 0 Å². The lowest BCUT2D eigenvalue weighted by Gasteiger charge is -2.01. The Balaban J connectivity index is 1.76. The van der Waals surface area contributed by atoms with Gasteiger partial charge in [-0.15, -0.1) is 23.1 Å². The van der Waals surface area contributed by atoms with E-state index in [1.54, 1.807) is 29.4 Å². The molecule has 2 aromatic rings. The van der Waals surface area contributed by atoms with Crippen molar-refractivity contribution in [2.75, 3.05) is 12.3 Å². The van der Waals surface area contributed by atoms with Crippen LogP contribution in [0, 0.1) is 0 Å². The van der Waals surface area contributed by atoms with Gasteiger partial charge in [0.15, 0.2) is 10.8 Å². The van der Waals surface area contributed by atoms with E-state index >= 15 is 0 Å². The molecule has 0 aliphatic rings. The fourth-order valence-electron chi connectivity index (χ4n) is 1.45. The summed E-state index contributed by atoms with van der Waals surface area (Å²) in [4.78, 5) is 15.9. The summed E-state index contributed by atoms with van der Waals surface area (Å²) >= 11 is 3.14. The van der Waals surface area contributed by atoms with E-state index in [4.69, 9.17) is 4.42 Å². The summed E-state index contributed by atoms with van der Waals surface area (Å²) in [6.45, 7) is 2.79. The van der Waals surface area contributed by atoms with Gasteiger partial charge < -0.3 is 9.73 Å². The lowest BCUT2D eigenvalue weighted by molar-refractivity contribution is -0.118. The van der Waals surface area contributed by atoms with E-state index in [1.165, 1.54) is 0 Å². The van der Waals surface area contributed by atoms with Crippen LogP contribution in [0.2, 0.25) is 0 Å². The van der Waals surface area contributed by atoms with Gasteiger partial charge in [0.2, 0.25) is 5.91 Å². The van der Waals surface area contributed by atoms with Gasteiger partial charge in [-0.3, -0.25) is 4.79 Å². The molecule has 1 amide bonds. The van der Waals surface area contributed by atoms with Gasteiger partial charge in [0, 0.05) is 17.7 Å². The van der Waals surface area contributed by atoms with Gasteiger partial charge in [0.05, 0.1) is 17.7 Å². The maximum Gasteiger partial charge on any atom is 0.230 e. The fourth-order valence-corrected chi connectivity index (χ4v) is 3.09. The van der Waals surface area contributed by atoms with E-state index in [2.05, 4.69) is 10.3 Å². The molecule has 6 heteroatoms. The summed E-state index contributed by atoms with van der Waals surface area (Å²) in [6.07, 6.45) is 2.61. The number of hydrogen-bond acceptors (Lipinski definition) is 5. The zero-order valence-electron chi connectivity index (χ0n) is 10.7. The molecule has 1 N–H and O–H groups in total. The summed E-state index contributed by atoms with van der Waals surface area (Å²) in [5.74, 6) is 2.11. The fraction of sp³-hybridized carbons (Fsp3) is 0.385. The van der Waals surface area contributed by atoms with Crippen LogP contribution in [-0.2, 0) is 10.5 Å². The number of rotatable bonds is 7. The highest BCUT2D eigenvalue weighted by Crippen LogP contribution is 2.25. The Morgan fingerprint density at radius 1 is 1.58 bits per heavy atom. The van der Waals surface area contributed by atoms with Crippen molar-refractivity contribution >= 4 is 29.0 Å². The molecule has 2 aromatic heterocycles. The molecule has 0 fully saturated rings. The quantitative estimate of drug-likeness (QED) is 0.852. The van der Waals surface area contributed by atoms with Crippen molar-refractivity contribution in [2.24, 2.45) is 0 Å². The molecular weight excluding hydrogens is 280 g/mol. The summed E-state index contributed by atoms with van der Waals surface area (Å²) in [7, 11) is 0. The summed E-state index contributed by atoms with van der Waals surface area (Å²) < 4.78 is 5.30. The van der Waals surface area contributed by atoms with Crippen molar-refractivity contribution in [3.8, 4) is 10.8 Å². The highest BCUT2D eigenvalue weighted by atomic mass is 32.2. The normalized spacial score (nSPS) is 10.6. The number of nitrogens with one attached hydrogen (secondary N) is 1. The van der Waals surface area contributed by atoms with E-state index in [9.17, 15) is 4.79 Å². The Bertz CT molecular complexity index is 508. The standard InChI is InChI=1S/C13H16N2O2S2/c1-2-5-14-12(16)9-18-7-10-8-19-13(15-10)11-4-3-6-17-11/h3-4,6,8H,2,5,7,9H2,1H3,(H,14,16). The number of carbonyl (C=O) groups excluding carboxylic acids is 1. The van der Waals surface area contributed by atoms with Crippen molar-refractivity contribution in [1.82, 2.24) is 10.3 Å². The zero-order chi connectivity index (χ0) is 13.5. The largest absolute Gasteiger partial charge is 0.462 e. The van der Waals surface area contributed by atoms with E-state index in [0.717, 1.165) is 35.2 Å². The Kier molecular flexibility index (Phi) is 5.47. The second-order valence-corrected chi connectivity index (χ2v) is 5.81. The Morgan fingerprint density at radius 3 is 3.21 bits per heavy atom. The molecule has 0 aliphatic heterocycles. The average molecular weight is 296 g/mol. The molecule has 2 heterocycles. The van der Waals surface area contributed by atoms with E-state index < -0.39 is 0 Å². The molecule has 0 aliphatic carbocycles. The van der Waals surface area contributed by atoms with E-state index in [0.29, 0.717) is 5.75 Å². The number of hydrogen-bond donors (Lipinski definition) is 1. The molecule has 0 bridgehead atoms. The van der Waals surface area contributed by atoms with Gasteiger partial charge in [-0.2, -0.15) is 0 Å². The number of amides is 1. The molecule has 102 valence electrons. The first-order valence-electron chi connectivity index (χ1n) is 6.12. The van der Waals surface area contributed by atoms with E-state index in [-0.39, 0.29) is 5.91 Å². The number of furan rings is 1. The monoisotopic (exact) mass is 296 g/mol. The first-order chi connectivity index (χ1) is 9.29. The lowest BCUT2D eigenvalue weighted by Crippen LogP contribution is -2.25. The molecule has 19 heavy (non-hydrogen) atoms. The molecule has 4 nitrogen and oxygen atoms in total. The highest BCUT2D eigenvalue weighted by Gasteiger charge is 2.07. The average Bonchev–Trinajstić information content (AvgIpc) is 3.06. The molecule has 0 saturated carbocycles. The van der Waals surface area contributed by atoms with Gasteiger partial charge in [-0.05, 0) is 18.6 Å². The maximum absolute atomic E-state index is 11.4. The number of carbonyl (C=O) groups is 1. The van der Waals surface area contributed by atoms with Crippen LogP contribution in [0.1, 0.15) is 19.0 Å². The third kappa shape index (κ3) is 4.40. The van der Waals surface area contributed by atoms with Crippen molar-refractivity contribution in [3.05, 3.63) is 29.5 Å². The maximum atomic E-state index is 11.4. The molecule has 0 atom stereocenters. The molecule has 2 rings (SSSR count). The predicted octanol–water partition coefficient (Wildman–Crippen LogP) is 3.16. The Morgan fingerprint density at radius 2 is 2.47 bits per heavy atom. The Hall–Kier alpha value is -1.27. The number of aromatic nitrogens is 1. The van der Waals surface area contributed by atoms with Gasteiger partial charge in [0.1, 0.15) is 0 Å². The van der Waals surface area contributed by atoms with Crippen LogP contribution < -0.4 is 5.32 Å². The first kappa shape index (κ1) is 14.1. The van der Waals surface area contributed by atoms with Gasteiger partial charge in [-0.25, -0.2) is 4.98 Å². The van der Waals surface area contributed by atoms with Crippen LogP contribution in [0.15, 0.2) is 28.2 Å². The van der Waals surface area contributed by atoms with Crippen molar-refractivity contribution in [2.45, 2.75) is 19.1 Å². The van der Waals surface area contributed by atoms with Crippen LogP contribution in [0.3, 0.4) is 0 Å². The Labute approximate surface area is 120 Å². The summed E-state index contributed by atoms with van der Waals surface area (Å²) in [5, 5.41) is 5.75. The van der Waals surface area contributed by atoms with Crippen molar-refractivity contribution < 1.29 is 9.21 Å². The van der Waals surface area contributed by atoms with Gasteiger partial charge in [-0.1, -0.05) is 6.92 Å². The molecule has 0 unspecified atom stereocenters. The second kappa shape index (κ2) is 7.35. The van der Waals surface area contributed by atoms with Crippen LogP contribution in [0.25, 0.3) is 10.8 Å². The molecule has 0 spiro atoms. The second-order valence-electron chi connectivity index (χ2n) is 3.96. The summed E-state index contributed by atoms with van der Waals surface area (Å²) in [5.41, 5.74) is 0.990. The SMILES string of the molecule is CCCNC(=O)CSCc1csc(-c2ccco2)n1. The molecule has 0 aromatic carbocycles.